The van der Waals surface area contributed by atoms with Gasteiger partial charge in [0.25, 0.3) is 0 Å². The van der Waals surface area contributed by atoms with Crippen LogP contribution in [0.2, 0.25) is 0 Å². The SMILES string of the molecule is C=c1ccc2c(c1)C=C(C)C(C)C=2O. The lowest BCUT2D eigenvalue weighted by atomic mass is 9.90. The number of benzene rings is 1. The van der Waals surface area contributed by atoms with Crippen molar-refractivity contribution in [3.63, 3.8) is 0 Å². The summed E-state index contributed by atoms with van der Waals surface area (Å²) in [5, 5.41) is 11.9. The Bertz CT molecular complexity index is 509. The van der Waals surface area contributed by atoms with Gasteiger partial charge in [0.05, 0.1) is 0 Å². The normalized spacial score (nSPS) is 20.3. The van der Waals surface area contributed by atoms with Gasteiger partial charge in [-0.05, 0) is 23.8 Å². The Hall–Kier alpha value is -1.50. The van der Waals surface area contributed by atoms with Crippen LogP contribution in [0, 0.1) is 5.92 Å². The second-order valence-electron chi connectivity index (χ2n) is 3.92. The second kappa shape index (κ2) is 3.02. The minimum atomic E-state index is 0.137. The molecule has 1 aliphatic carbocycles. The molecule has 1 heteroatoms. The maximum atomic E-state index is 9.95. The van der Waals surface area contributed by atoms with Crippen molar-refractivity contribution < 1.29 is 5.11 Å². The molecule has 1 unspecified atom stereocenters. The molecular weight excluding hydrogens is 172 g/mol. The molecule has 14 heavy (non-hydrogen) atoms. The van der Waals surface area contributed by atoms with Crippen LogP contribution in [0.3, 0.4) is 0 Å². The summed E-state index contributed by atoms with van der Waals surface area (Å²) in [5.41, 5.74) is 2.27. The first kappa shape index (κ1) is 9.07. The van der Waals surface area contributed by atoms with Gasteiger partial charge in [-0.1, -0.05) is 37.3 Å². The van der Waals surface area contributed by atoms with Crippen LogP contribution in [0.15, 0.2) is 23.8 Å². The van der Waals surface area contributed by atoms with E-state index in [2.05, 4.69) is 12.7 Å². The van der Waals surface area contributed by atoms with Gasteiger partial charge in [-0.2, -0.15) is 0 Å². The smallest absolute Gasteiger partial charge is 0.107 e. The fourth-order valence-electron chi connectivity index (χ4n) is 1.78. The van der Waals surface area contributed by atoms with Crippen LogP contribution in [0.5, 0.6) is 0 Å². The molecule has 0 aromatic heterocycles. The molecule has 1 aromatic carbocycles. The molecule has 0 heterocycles. The van der Waals surface area contributed by atoms with Gasteiger partial charge < -0.3 is 5.11 Å². The van der Waals surface area contributed by atoms with Crippen molar-refractivity contribution in [3.05, 3.63) is 39.8 Å². The van der Waals surface area contributed by atoms with Crippen molar-refractivity contribution in [2.24, 2.45) is 5.92 Å². The largest absolute Gasteiger partial charge is 0.511 e. The van der Waals surface area contributed by atoms with E-state index in [4.69, 9.17) is 0 Å². The van der Waals surface area contributed by atoms with Crippen LogP contribution in [0.25, 0.3) is 18.4 Å². The summed E-state index contributed by atoms with van der Waals surface area (Å²) in [4.78, 5) is 0. The van der Waals surface area contributed by atoms with Crippen LogP contribution < -0.4 is 10.4 Å². The summed E-state index contributed by atoms with van der Waals surface area (Å²) < 4.78 is 0. The first-order valence-electron chi connectivity index (χ1n) is 4.80. The Balaban J connectivity index is 2.82. The molecule has 0 aliphatic heterocycles. The van der Waals surface area contributed by atoms with Gasteiger partial charge in [-0.15, -0.1) is 0 Å². The third-order valence-corrected chi connectivity index (χ3v) is 2.87. The number of hydrogen-bond donors (Lipinski definition) is 1. The molecule has 0 amide bonds. The number of aliphatic hydroxyl groups excluding tert-OH is 1. The first-order valence-corrected chi connectivity index (χ1v) is 4.80. The number of rotatable bonds is 0. The van der Waals surface area contributed by atoms with Crippen molar-refractivity contribution >= 4 is 18.4 Å². The Labute approximate surface area is 83.7 Å². The van der Waals surface area contributed by atoms with Gasteiger partial charge in [0.2, 0.25) is 0 Å². The van der Waals surface area contributed by atoms with Crippen molar-refractivity contribution in [1.29, 1.82) is 0 Å². The molecule has 2 rings (SSSR count). The third kappa shape index (κ3) is 1.25. The van der Waals surface area contributed by atoms with E-state index in [0.717, 1.165) is 16.0 Å². The van der Waals surface area contributed by atoms with Gasteiger partial charge in [0, 0.05) is 11.1 Å². The molecule has 1 aliphatic rings. The van der Waals surface area contributed by atoms with E-state index < -0.39 is 0 Å². The molecule has 72 valence electrons. The van der Waals surface area contributed by atoms with Crippen LogP contribution in [-0.4, -0.2) is 5.11 Å². The zero-order valence-electron chi connectivity index (χ0n) is 8.54. The molecule has 1 atom stereocenters. The summed E-state index contributed by atoms with van der Waals surface area (Å²) in [6, 6.07) is 5.86. The number of hydrogen-bond acceptors (Lipinski definition) is 1. The average Bonchev–Trinajstić information content (AvgIpc) is 2.14. The minimum absolute atomic E-state index is 0.137. The minimum Gasteiger partial charge on any atom is -0.511 e. The van der Waals surface area contributed by atoms with Crippen molar-refractivity contribution in [2.45, 2.75) is 13.8 Å². The Kier molecular flexibility index (Phi) is 1.95. The predicted molar refractivity (Wildman–Crippen MR) is 60.1 cm³/mol. The Morgan fingerprint density at radius 1 is 1.36 bits per heavy atom. The van der Waals surface area contributed by atoms with Crippen molar-refractivity contribution in [3.8, 4) is 0 Å². The Morgan fingerprint density at radius 2 is 2.07 bits per heavy atom. The van der Waals surface area contributed by atoms with E-state index in [0.29, 0.717) is 5.76 Å². The lowest BCUT2D eigenvalue weighted by Gasteiger charge is -2.17. The average molecular weight is 186 g/mol. The van der Waals surface area contributed by atoms with Gasteiger partial charge in [0.15, 0.2) is 0 Å². The lowest BCUT2D eigenvalue weighted by Crippen LogP contribution is -2.22. The van der Waals surface area contributed by atoms with Crippen LogP contribution >= 0.6 is 0 Å². The standard InChI is InChI=1S/C13H14O/c1-8-4-5-12-11(6-8)7-9(2)10(3)13(12)14/h4-7,10,14H,1H2,2-3H3. The summed E-state index contributed by atoms with van der Waals surface area (Å²) in [7, 11) is 0. The van der Waals surface area contributed by atoms with E-state index in [1.807, 2.05) is 32.0 Å². The monoisotopic (exact) mass is 186 g/mol. The fourth-order valence-corrected chi connectivity index (χ4v) is 1.78. The second-order valence-corrected chi connectivity index (χ2v) is 3.92. The van der Waals surface area contributed by atoms with Gasteiger partial charge in [-0.25, -0.2) is 0 Å². The highest BCUT2D eigenvalue weighted by molar-refractivity contribution is 5.65. The van der Waals surface area contributed by atoms with Gasteiger partial charge >= 0.3 is 0 Å². The van der Waals surface area contributed by atoms with E-state index in [1.165, 1.54) is 5.57 Å². The van der Waals surface area contributed by atoms with Crippen molar-refractivity contribution in [2.75, 3.05) is 0 Å². The lowest BCUT2D eigenvalue weighted by molar-refractivity contribution is 0.452. The molecule has 1 aromatic rings. The zero-order chi connectivity index (χ0) is 10.3. The zero-order valence-corrected chi connectivity index (χ0v) is 8.54. The predicted octanol–water partition coefficient (Wildman–Crippen LogP) is 1.82. The highest BCUT2D eigenvalue weighted by Crippen LogP contribution is 2.22. The van der Waals surface area contributed by atoms with E-state index >= 15 is 0 Å². The quantitative estimate of drug-likeness (QED) is 0.655. The van der Waals surface area contributed by atoms with E-state index in [9.17, 15) is 5.11 Å². The third-order valence-electron chi connectivity index (χ3n) is 2.87. The molecule has 0 radical (unpaired) electrons. The number of aliphatic hydroxyl groups is 1. The summed E-state index contributed by atoms with van der Waals surface area (Å²) in [6.45, 7) is 7.93. The Morgan fingerprint density at radius 3 is 2.79 bits per heavy atom. The highest BCUT2D eigenvalue weighted by Gasteiger charge is 2.15. The molecule has 0 spiro atoms. The molecule has 0 bridgehead atoms. The summed E-state index contributed by atoms with van der Waals surface area (Å²) in [6.07, 6.45) is 2.12. The van der Waals surface area contributed by atoms with Crippen molar-refractivity contribution in [1.82, 2.24) is 0 Å². The number of fused-ring (bicyclic) bond motifs is 1. The van der Waals surface area contributed by atoms with E-state index in [1.54, 1.807) is 0 Å². The maximum Gasteiger partial charge on any atom is 0.107 e. The topological polar surface area (TPSA) is 20.2 Å². The van der Waals surface area contributed by atoms with Gasteiger partial charge in [0.1, 0.15) is 5.76 Å². The highest BCUT2D eigenvalue weighted by atomic mass is 16.3. The molecule has 1 N–H and O–H groups in total. The molecular formula is C13H14O. The molecule has 1 nitrogen and oxygen atoms in total. The van der Waals surface area contributed by atoms with Crippen LogP contribution in [-0.2, 0) is 0 Å². The van der Waals surface area contributed by atoms with E-state index in [-0.39, 0.29) is 5.92 Å². The summed E-state index contributed by atoms with van der Waals surface area (Å²) >= 11 is 0. The fraction of sp³-hybridized carbons (Fsp3) is 0.231. The molecule has 0 fully saturated rings. The molecule has 0 saturated carbocycles. The maximum absolute atomic E-state index is 9.95. The summed E-state index contributed by atoms with van der Waals surface area (Å²) in [5.74, 6) is 0.609. The first-order chi connectivity index (χ1) is 6.59. The van der Waals surface area contributed by atoms with Crippen LogP contribution in [0.4, 0.5) is 0 Å². The van der Waals surface area contributed by atoms with Crippen LogP contribution in [0.1, 0.15) is 19.4 Å². The van der Waals surface area contributed by atoms with Gasteiger partial charge in [-0.3, -0.25) is 0 Å². The molecule has 0 saturated heterocycles.